The molecule has 23 heavy (non-hydrogen) atoms. The minimum Gasteiger partial charge on any atom is -0.379 e. The molecule has 4 heteroatoms. The third-order valence-electron chi connectivity index (χ3n) is 6.47. The van der Waals surface area contributed by atoms with Crippen LogP contribution >= 0.6 is 0 Å². The van der Waals surface area contributed by atoms with Gasteiger partial charge in [-0.25, -0.2) is 0 Å². The molecule has 2 aliphatic heterocycles. The SMILES string of the molecule is CC(C)[Si](C(C)C)(C(C)C)n1cc2c(c1)[C@H]1CCC(=O)N1CC2. The number of amides is 1. The Kier molecular flexibility index (Phi) is 4.24. The first-order valence-electron chi connectivity index (χ1n) is 9.30. The number of carbonyl (C=O) groups excluding carboxylic acids is 1. The van der Waals surface area contributed by atoms with E-state index in [1.54, 1.807) is 0 Å². The average molecular weight is 333 g/mol. The van der Waals surface area contributed by atoms with Gasteiger partial charge in [-0.3, -0.25) is 4.79 Å². The van der Waals surface area contributed by atoms with Gasteiger partial charge in [0.1, 0.15) is 0 Å². The summed E-state index contributed by atoms with van der Waals surface area (Å²) in [6, 6.07) is 0.352. The van der Waals surface area contributed by atoms with Gasteiger partial charge in [0.25, 0.3) is 0 Å². The molecule has 0 saturated carbocycles. The van der Waals surface area contributed by atoms with E-state index >= 15 is 0 Å². The maximum Gasteiger partial charge on any atom is 0.223 e. The van der Waals surface area contributed by atoms with E-state index in [1.165, 1.54) is 11.1 Å². The zero-order chi connectivity index (χ0) is 16.9. The van der Waals surface area contributed by atoms with Gasteiger partial charge >= 0.3 is 0 Å². The van der Waals surface area contributed by atoms with Crippen LogP contribution in [0.25, 0.3) is 0 Å². The number of rotatable bonds is 4. The van der Waals surface area contributed by atoms with Gasteiger partial charge in [0.05, 0.1) is 6.04 Å². The van der Waals surface area contributed by atoms with Crippen LogP contribution < -0.4 is 0 Å². The van der Waals surface area contributed by atoms with Crippen LogP contribution in [0.2, 0.25) is 16.6 Å². The second kappa shape index (κ2) is 5.80. The molecule has 0 radical (unpaired) electrons. The third-order valence-corrected chi connectivity index (χ3v) is 13.2. The fourth-order valence-corrected chi connectivity index (χ4v) is 12.2. The van der Waals surface area contributed by atoms with Crippen molar-refractivity contribution in [2.24, 2.45) is 0 Å². The monoisotopic (exact) mass is 332 g/mol. The van der Waals surface area contributed by atoms with Crippen molar-refractivity contribution in [1.82, 2.24) is 9.13 Å². The zero-order valence-corrected chi connectivity index (χ0v) is 16.6. The lowest BCUT2D eigenvalue weighted by molar-refractivity contribution is -0.129. The van der Waals surface area contributed by atoms with Crippen molar-refractivity contribution in [1.29, 1.82) is 0 Å². The maximum atomic E-state index is 12.1. The van der Waals surface area contributed by atoms with Gasteiger partial charge in [-0.1, -0.05) is 41.5 Å². The lowest BCUT2D eigenvalue weighted by Crippen LogP contribution is -2.51. The molecule has 3 nitrogen and oxygen atoms in total. The molecule has 0 bridgehead atoms. The number of fused-ring (bicyclic) bond motifs is 3. The van der Waals surface area contributed by atoms with Crippen LogP contribution in [0.1, 0.15) is 71.6 Å². The molecular formula is C19H32N2OSi. The first-order valence-corrected chi connectivity index (χ1v) is 11.5. The Morgan fingerprint density at radius 2 is 1.61 bits per heavy atom. The summed E-state index contributed by atoms with van der Waals surface area (Å²) in [5, 5.41) is 0. The van der Waals surface area contributed by atoms with Crippen molar-refractivity contribution < 1.29 is 4.79 Å². The van der Waals surface area contributed by atoms with E-state index in [9.17, 15) is 4.79 Å². The van der Waals surface area contributed by atoms with Crippen molar-refractivity contribution in [3.63, 3.8) is 0 Å². The standard InChI is InChI=1S/C19H32N2OSi/c1-13(2)23(14(3)4,15(5)6)20-11-16-9-10-21-18(17(16)12-20)7-8-19(21)22/h11-15,18H,7-10H2,1-6H3/t18-/m1/s1. The van der Waals surface area contributed by atoms with E-state index in [0.717, 1.165) is 25.8 Å². The third kappa shape index (κ3) is 2.32. The van der Waals surface area contributed by atoms with Gasteiger partial charge in [0.15, 0.2) is 8.24 Å². The maximum absolute atomic E-state index is 12.1. The molecule has 2 aliphatic rings. The highest BCUT2D eigenvalue weighted by Gasteiger charge is 2.46. The summed E-state index contributed by atoms with van der Waals surface area (Å²) in [6.07, 6.45) is 7.67. The van der Waals surface area contributed by atoms with Crippen molar-refractivity contribution in [2.75, 3.05) is 6.54 Å². The average Bonchev–Trinajstić information content (AvgIpc) is 3.02. The van der Waals surface area contributed by atoms with Crippen LogP contribution in [-0.4, -0.2) is 29.8 Å². The molecule has 1 atom stereocenters. The highest BCUT2D eigenvalue weighted by atomic mass is 28.3. The van der Waals surface area contributed by atoms with Gasteiger partial charge in [-0.05, 0) is 46.8 Å². The molecule has 3 heterocycles. The van der Waals surface area contributed by atoms with Crippen LogP contribution in [0.5, 0.6) is 0 Å². The summed E-state index contributed by atoms with van der Waals surface area (Å²) in [6.45, 7) is 15.4. The zero-order valence-electron chi connectivity index (χ0n) is 15.6. The van der Waals surface area contributed by atoms with E-state index in [1.807, 2.05) is 0 Å². The summed E-state index contributed by atoms with van der Waals surface area (Å²) < 4.78 is 2.66. The predicted molar refractivity (Wildman–Crippen MR) is 98.3 cm³/mol. The largest absolute Gasteiger partial charge is 0.379 e. The molecule has 0 N–H and O–H groups in total. The van der Waals surface area contributed by atoms with Crippen molar-refractivity contribution in [3.8, 4) is 0 Å². The van der Waals surface area contributed by atoms with Gasteiger partial charge in [-0.15, -0.1) is 0 Å². The number of carbonyl (C=O) groups is 1. The minimum atomic E-state index is -1.67. The van der Waals surface area contributed by atoms with Crippen molar-refractivity contribution in [3.05, 3.63) is 23.5 Å². The highest BCUT2D eigenvalue weighted by Crippen LogP contribution is 2.45. The van der Waals surface area contributed by atoms with Crippen LogP contribution in [0, 0.1) is 0 Å². The molecule has 128 valence electrons. The number of nitrogens with zero attached hydrogens (tertiary/aromatic N) is 2. The molecule has 1 aromatic rings. The fourth-order valence-electron chi connectivity index (χ4n) is 5.72. The summed E-state index contributed by atoms with van der Waals surface area (Å²) in [5.74, 6) is 0.355. The summed E-state index contributed by atoms with van der Waals surface area (Å²) in [4.78, 5) is 14.2. The van der Waals surface area contributed by atoms with E-state index < -0.39 is 8.24 Å². The summed E-state index contributed by atoms with van der Waals surface area (Å²) in [5.41, 5.74) is 5.06. The van der Waals surface area contributed by atoms with E-state index in [-0.39, 0.29) is 0 Å². The molecule has 1 aromatic heterocycles. The fraction of sp³-hybridized carbons (Fsp3) is 0.737. The molecule has 1 fully saturated rings. The molecule has 0 aliphatic carbocycles. The Morgan fingerprint density at radius 3 is 2.17 bits per heavy atom. The van der Waals surface area contributed by atoms with Crippen LogP contribution in [0.4, 0.5) is 0 Å². The van der Waals surface area contributed by atoms with Crippen LogP contribution in [0.3, 0.4) is 0 Å². The molecule has 0 aromatic carbocycles. The van der Waals surface area contributed by atoms with Crippen molar-refractivity contribution in [2.45, 2.75) is 83.5 Å². The predicted octanol–water partition coefficient (Wildman–Crippen LogP) is 4.73. The smallest absolute Gasteiger partial charge is 0.223 e. The van der Waals surface area contributed by atoms with Gasteiger partial charge in [-0.2, -0.15) is 0 Å². The Labute approximate surface area is 142 Å². The molecule has 0 unspecified atom stereocenters. The Bertz CT molecular complexity index is 581. The van der Waals surface area contributed by atoms with E-state index in [4.69, 9.17) is 0 Å². The molecule has 0 spiro atoms. The second-order valence-electron chi connectivity index (χ2n) is 8.39. The quantitative estimate of drug-likeness (QED) is 0.732. The van der Waals surface area contributed by atoms with Crippen molar-refractivity contribution >= 4 is 14.1 Å². The normalized spacial score (nSPS) is 21.5. The number of aromatic nitrogens is 1. The summed E-state index contributed by atoms with van der Waals surface area (Å²) >= 11 is 0. The van der Waals surface area contributed by atoms with Gasteiger partial charge in [0, 0.05) is 19.2 Å². The highest BCUT2D eigenvalue weighted by molar-refractivity contribution is 6.82. The molecule has 1 amide bonds. The lowest BCUT2D eigenvalue weighted by atomic mass is 9.97. The van der Waals surface area contributed by atoms with Gasteiger partial charge < -0.3 is 9.13 Å². The first-order chi connectivity index (χ1) is 10.8. The molecule has 3 rings (SSSR count). The van der Waals surface area contributed by atoms with E-state index in [2.05, 4.69) is 63.1 Å². The molecular weight excluding hydrogens is 300 g/mol. The number of hydrogen-bond acceptors (Lipinski definition) is 1. The Balaban J connectivity index is 2.08. The molecule has 1 saturated heterocycles. The number of hydrogen-bond donors (Lipinski definition) is 0. The van der Waals surface area contributed by atoms with Crippen LogP contribution in [-0.2, 0) is 11.2 Å². The Morgan fingerprint density at radius 1 is 1.00 bits per heavy atom. The Hall–Kier alpha value is -1.03. The second-order valence-corrected chi connectivity index (χ2v) is 14.1. The topological polar surface area (TPSA) is 25.2 Å². The lowest BCUT2D eigenvalue weighted by Gasteiger charge is -2.44. The van der Waals surface area contributed by atoms with E-state index in [0.29, 0.717) is 28.6 Å². The minimum absolute atomic E-state index is 0.352. The summed E-state index contributed by atoms with van der Waals surface area (Å²) in [7, 11) is -1.67. The van der Waals surface area contributed by atoms with Gasteiger partial charge in [0.2, 0.25) is 5.91 Å². The van der Waals surface area contributed by atoms with Crippen LogP contribution in [0.15, 0.2) is 12.4 Å². The first kappa shape index (κ1) is 16.8.